The molecule has 0 spiro atoms. The standard InChI is InChI=1S/C18H13Cl2N7/c19-14-6-1-7-15(16(14)20)27-18(24-25-26-27)23-11-13-5-3-9-22-17(13)12-4-2-8-21-10-12/h1-10H,11H2,(H,23,24,26). The molecule has 4 rings (SSSR count). The summed E-state index contributed by atoms with van der Waals surface area (Å²) in [6, 6.07) is 13.0. The lowest BCUT2D eigenvalue weighted by molar-refractivity contribution is 0.789. The van der Waals surface area contributed by atoms with Crippen LogP contribution in [0, 0.1) is 0 Å². The van der Waals surface area contributed by atoms with Crippen LogP contribution >= 0.6 is 23.2 Å². The van der Waals surface area contributed by atoms with Crippen LogP contribution in [-0.4, -0.2) is 30.2 Å². The fourth-order valence-electron chi connectivity index (χ4n) is 2.63. The van der Waals surface area contributed by atoms with E-state index in [0.717, 1.165) is 16.8 Å². The lowest BCUT2D eigenvalue weighted by Crippen LogP contribution is -2.09. The number of tetrazole rings is 1. The first-order valence-corrected chi connectivity index (χ1v) is 8.80. The van der Waals surface area contributed by atoms with Gasteiger partial charge in [-0.15, -0.1) is 0 Å². The average molecular weight is 398 g/mol. The summed E-state index contributed by atoms with van der Waals surface area (Å²) in [5, 5.41) is 15.8. The third-order valence-electron chi connectivity index (χ3n) is 3.89. The van der Waals surface area contributed by atoms with Gasteiger partial charge in [-0.25, -0.2) is 0 Å². The molecule has 0 unspecified atom stereocenters. The summed E-state index contributed by atoms with van der Waals surface area (Å²) < 4.78 is 1.51. The predicted octanol–water partition coefficient (Wildman–Crippen LogP) is 4.04. The number of nitrogens with zero attached hydrogens (tertiary/aromatic N) is 6. The number of pyridine rings is 2. The fraction of sp³-hybridized carbons (Fsp3) is 0.0556. The summed E-state index contributed by atoms with van der Waals surface area (Å²) in [4.78, 5) is 8.64. The first kappa shape index (κ1) is 17.4. The maximum absolute atomic E-state index is 6.29. The molecule has 0 fully saturated rings. The van der Waals surface area contributed by atoms with E-state index < -0.39 is 0 Å². The van der Waals surface area contributed by atoms with Crippen molar-refractivity contribution < 1.29 is 0 Å². The van der Waals surface area contributed by atoms with Gasteiger partial charge in [0.25, 0.3) is 0 Å². The number of benzene rings is 1. The Hall–Kier alpha value is -3.03. The van der Waals surface area contributed by atoms with E-state index in [2.05, 4.69) is 30.8 Å². The Kier molecular flexibility index (Phi) is 4.95. The Balaban J connectivity index is 1.62. The number of hydrogen-bond donors (Lipinski definition) is 1. The fourth-order valence-corrected chi connectivity index (χ4v) is 3.01. The third kappa shape index (κ3) is 3.60. The molecule has 0 radical (unpaired) electrons. The number of anilines is 1. The molecule has 0 aliphatic rings. The topological polar surface area (TPSA) is 81.4 Å². The van der Waals surface area contributed by atoms with Crippen LogP contribution < -0.4 is 5.32 Å². The number of hydrogen-bond acceptors (Lipinski definition) is 6. The maximum atomic E-state index is 6.29. The first-order chi connectivity index (χ1) is 13.2. The molecule has 27 heavy (non-hydrogen) atoms. The van der Waals surface area contributed by atoms with Crippen molar-refractivity contribution in [3.05, 3.63) is 76.7 Å². The lowest BCUT2D eigenvalue weighted by atomic mass is 10.1. The Morgan fingerprint density at radius 1 is 1.00 bits per heavy atom. The zero-order valence-electron chi connectivity index (χ0n) is 13.9. The highest BCUT2D eigenvalue weighted by Gasteiger charge is 2.14. The van der Waals surface area contributed by atoms with Crippen molar-refractivity contribution in [2.75, 3.05) is 5.32 Å². The maximum Gasteiger partial charge on any atom is 0.248 e. The Labute approximate surface area is 165 Å². The van der Waals surface area contributed by atoms with Crippen LogP contribution in [0.3, 0.4) is 0 Å². The quantitative estimate of drug-likeness (QED) is 0.547. The average Bonchev–Trinajstić information content (AvgIpc) is 3.18. The molecule has 134 valence electrons. The molecule has 0 aliphatic heterocycles. The largest absolute Gasteiger partial charge is 0.349 e. The monoisotopic (exact) mass is 397 g/mol. The molecule has 9 heteroatoms. The highest BCUT2D eigenvalue weighted by atomic mass is 35.5. The molecular formula is C18H13Cl2N7. The zero-order chi connectivity index (χ0) is 18.6. The van der Waals surface area contributed by atoms with E-state index in [1.165, 1.54) is 4.68 Å². The second-order valence-corrected chi connectivity index (χ2v) is 6.38. The normalized spacial score (nSPS) is 10.7. The smallest absolute Gasteiger partial charge is 0.248 e. The molecule has 0 saturated carbocycles. The van der Waals surface area contributed by atoms with Gasteiger partial charge in [0.15, 0.2) is 0 Å². The molecule has 0 amide bonds. The molecule has 0 bridgehead atoms. The minimum absolute atomic E-state index is 0.381. The van der Waals surface area contributed by atoms with Crippen molar-refractivity contribution in [1.29, 1.82) is 0 Å². The van der Waals surface area contributed by atoms with E-state index in [0.29, 0.717) is 28.2 Å². The van der Waals surface area contributed by atoms with Gasteiger partial charge < -0.3 is 5.32 Å². The first-order valence-electron chi connectivity index (χ1n) is 8.05. The Morgan fingerprint density at radius 2 is 1.89 bits per heavy atom. The van der Waals surface area contributed by atoms with Crippen molar-refractivity contribution in [2.24, 2.45) is 0 Å². The summed E-state index contributed by atoms with van der Waals surface area (Å²) in [6.07, 6.45) is 5.26. The molecule has 3 aromatic heterocycles. The van der Waals surface area contributed by atoms with Gasteiger partial charge in [0.05, 0.1) is 21.4 Å². The summed E-state index contributed by atoms with van der Waals surface area (Å²) in [7, 11) is 0. The number of rotatable bonds is 5. The molecule has 0 aliphatic carbocycles. The van der Waals surface area contributed by atoms with E-state index in [1.54, 1.807) is 36.8 Å². The molecule has 0 atom stereocenters. The molecule has 7 nitrogen and oxygen atoms in total. The van der Waals surface area contributed by atoms with E-state index >= 15 is 0 Å². The van der Waals surface area contributed by atoms with Crippen LogP contribution in [0.25, 0.3) is 16.9 Å². The minimum atomic E-state index is 0.381. The Morgan fingerprint density at radius 3 is 2.74 bits per heavy atom. The highest BCUT2D eigenvalue weighted by molar-refractivity contribution is 6.43. The van der Waals surface area contributed by atoms with Crippen molar-refractivity contribution in [1.82, 2.24) is 30.2 Å². The second kappa shape index (κ2) is 7.69. The van der Waals surface area contributed by atoms with Gasteiger partial charge in [0, 0.05) is 30.7 Å². The number of nitrogens with one attached hydrogen (secondary N) is 1. The predicted molar refractivity (Wildman–Crippen MR) is 104 cm³/mol. The molecular weight excluding hydrogens is 385 g/mol. The lowest BCUT2D eigenvalue weighted by Gasteiger charge is -2.11. The van der Waals surface area contributed by atoms with Crippen molar-refractivity contribution in [3.63, 3.8) is 0 Å². The molecule has 0 saturated heterocycles. The minimum Gasteiger partial charge on any atom is -0.349 e. The number of halogens is 2. The van der Waals surface area contributed by atoms with Gasteiger partial charge >= 0.3 is 0 Å². The van der Waals surface area contributed by atoms with E-state index in [9.17, 15) is 0 Å². The SMILES string of the molecule is Clc1cccc(-n2nnnc2NCc2cccnc2-c2cccnc2)c1Cl. The summed E-state index contributed by atoms with van der Waals surface area (Å²) in [5.74, 6) is 0.445. The van der Waals surface area contributed by atoms with Crippen molar-refractivity contribution >= 4 is 29.2 Å². The van der Waals surface area contributed by atoms with Gasteiger partial charge in [-0.2, -0.15) is 4.68 Å². The van der Waals surface area contributed by atoms with Crippen LogP contribution in [-0.2, 0) is 6.54 Å². The third-order valence-corrected chi connectivity index (χ3v) is 4.70. The Bertz CT molecular complexity index is 1070. The number of aromatic nitrogens is 6. The van der Waals surface area contributed by atoms with Gasteiger partial charge in [-0.3, -0.25) is 9.97 Å². The molecule has 4 aromatic rings. The summed E-state index contributed by atoms with van der Waals surface area (Å²) >= 11 is 12.4. The van der Waals surface area contributed by atoms with E-state index in [4.69, 9.17) is 23.2 Å². The molecule has 1 aromatic carbocycles. The molecule has 1 N–H and O–H groups in total. The summed E-state index contributed by atoms with van der Waals surface area (Å²) in [5.41, 5.74) is 3.36. The van der Waals surface area contributed by atoms with E-state index in [-0.39, 0.29) is 0 Å². The zero-order valence-corrected chi connectivity index (χ0v) is 15.4. The van der Waals surface area contributed by atoms with Crippen LogP contribution in [0.4, 0.5) is 5.95 Å². The van der Waals surface area contributed by atoms with Crippen molar-refractivity contribution in [3.8, 4) is 16.9 Å². The van der Waals surface area contributed by atoms with Crippen LogP contribution in [0.5, 0.6) is 0 Å². The van der Waals surface area contributed by atoms with Crippen molar-refractivity contribution in [2.45, 2.75) is 6.54 Å². The second-order valence-electron chi connectivity index (χ2n) is 5.59. The summed E-state index contributed by atoms with van der Waals surface area (Å²) in [6.45, 7) is 0.469. The highest BCUT2D eigenvalue weighted by Crippen LogP contribution is 2.29. The van der Waals surface area contributed by atoms with Crippen LogP contribution in [0.2, 0.25) is 10.0 Å². The van der Waals surface area contributed by atoms with Gasteiger partial charge in [-0.1, -0.05) is 40.4 Å². The van der Waals surface area contributed by atoms with Crippen LogP contribution in [0.15, 0.2) is 61.1 Å². The van der Waals surface area contributed by atoms with Crippen LogP contribution in [0.1, 0.15) is 5.56 Å². The van der Waals surface area contributed by atoms with E-state index in [1.807, 2.05) is 24.3 Å². The van der Waals surface area contributed by atoms with Gasteiger partial charge in [-0.05, 0) is 46.3 Å². The van der Waals surface area contributed by atoms with Gasteiger partial charge in [0.1, 0.15) is 0 Å². The van der Waals surface area contributed by atoms with Gasteiger partial charge in [0.2, 0.25) is 5.95 Å². The molecule has 3 heterocycles.